The van der Waals surface area contributed by atoms with Gasteiger partial charge in [0.05, 0.1) is 0 Å². The van der Waals surface area contributed by atoms with Crippen molar-refractivity contribution in [2.24, 2.45) is 7.05 Å². The third kappa shape index (κ3) is 2.44. The van der Waals surface area contributed by atoms with Crippen LogP contribution in [0.4, 0.5) is 0 Å². The molecule has 2 rings (SSSR count). The number of nitrogens with one attached hydrogen (secondary N) is 1. The molecule has 0 radical (unpaired) electrons. The number of rotatable bonds is 1. The summed E-state index contributed by atoms with van der Waals surface area (Å²) >= 11 is 5.21. The Morgan fingerprint density at radius 1 is 1.35 bits per heavy atom. The van der Waals surface area contributed by atoms with Gasteiger partial charge in [0.15, 0.2) is 11.6 Å². The van der Waals surface area contributed by atoms with Gasteiger partial charge in [0.2, 0.25) is 0 Å². The zero-order chi connectivity index (χ0) is 12.6. The van der Waals surface area contributed by atoms with Crippen LogP contribution in [-0.2, 0) is 12.5 Å². The molecule has 0 aliphatic rings. The van der Waals surface area contributed by atoms with Gasteiger partial charge in [-0.2, -0.15) is 0 Å². The first-order valence-corrected chi connectivity index (χ1v) is 5.88. The fourth-order valence-corrected chi connectivity index (χ4v) is 1.77. The molecule has 17 heavy (non-hydrogen) atoms. The van der Waals surface area contributed by atoms with Crippen molar-refractivity contribution in [1.82, 2.24) is 19.5 Å². The maximum atomic E-state index is 5.21. The van der Waals surface area contributed by atoms with Crippen LogP contribution in [0.15, 0.2) is 18.5 Å². The summed E-state index contributed by atoms with van der Waals surface area (Å²) in [6.45, 7) is 6.40. The molecule has 0 amide bonds. The summed E-state index contributed by atoms with van der Waals surface area (Å²) in [4.78, 5) is 11.9. The molecule has 0 aliphatic heterocycles. The monoisotopic (exact) mass is 248 g/mol. The molecule has 0 spiro atoms. The average Bonchev–Trinajstić information content (AvgIpc) is 2.62. The number of nitrogens with zero attached hydrogens (tertiary/aromatic N) is 3. The van der Waals surface area contributed by atoms with Crippen LogP contribution in [0.3, 0.4) is 0 Å². The van der Waals surface area contributed by atoms with Gasteiger partial charge in [-0.15, -0.1) is 0 Å². The van der Waals surface area contributed by atoms with Gasteiger partial charge in [-0.25, -0.2) is 9.97 Å². The van der Waals surface area contributed by atoms with Gasteiger partial charge in [-0.1, -0.05) is 33.0 Å². The minimum atomic E-state index is 0.0103. The molecule has 90 valence electrons. The lowest BCUT2D eigenvalue weighted by molar-refractivity contribution is 0.567. The van der Waals surface area contributed by atoms with Gasteiger partial charge in [0.1, 0.15) is 4.64 Å². The Bertz CT molecular complexity index is 589. The van der Waals surface area contributed by atoms with E-state index >= 15 is 0 Å². The summed E-state index contributed by atoms with van der Waals surface area (Å²) in [6, 6.07) is 1.90. The van der Waals surface area contributed by atoms with Crippen LogP contribution in [0, 0.1) is 4.64 Å². The normalized spacial score (nSPS) is 11.8. The first kappa shape index (κ1) is 12.0. The number of imidazole rings is 1. The molecule has 0 bridgehead atoms. The number of hydrogen-bond acceptors (Lipinski definition) is 3. The molecule has 0 saturated carbocycles. The molecule has 1 N–H and O–H groups in total. The summed E-state index contributed by atoms with van der Waals surface area (Å²) in [5, 5.41) is 0. The Hall–Kier alpha value is -1.49. The molecule has 2 heterocycles. The van der Waals surface area contributed by atoms with E-state index in [-0.39, 0.29) is 5.41 Å². The number of aromatic nitrogens is 4. The summed E-state index contributed by atoms with van der Waals surface area (Å²) in [6.07, 6.45) is 3.63. The number of H-pyrrole nitrogens is 1. The molecule has 0 unspecified atom stereocenters. The number of aryl methyl sites for hydroxylation is 1. The fraction of sp³-hybridized carbons (Fsp3) is 0.417. The van der Waals surface area contributed by atoms with E-state index in [4.69, 9.17) is 12.2 Å². The smallest absolute Gasteiger partial charge is 0.175 e. The summed E-state index contributed by atoms with van der Waals surface area (Å²) in [5.41, 5.74) is 1.08. The molecule has 0 atom stereocenters. The fourth-order valence-electron chi connectivity index (χ4n) is 1.56. The van der Waals surface area contributed by atoms with Gasteiger partial charge < -0.3 is 9.55 Å². The SMILES string of the molecule is Cn1ccnc1-c1nc(=S)cc(C(C)(C)C)[nH]1. The number of aromatic amines is 1. The quantitative estimate of drug-likeness (QED) is 0.789. The summed E-state index contributed by atoms with van der Waals surface area (Å²) < 4.78 is 2.51. The molecule has 0 saturated heterocycles. The third-order valence-electron chi connectivity index (χ3n) is 2.58. The molecule has 5 heteroatoms. The van der Waals surface area contributed by atoms with Crippen LogP contribution in [0.1, 0.15) is 26.5 Å². The average molecular weight is 248 g/mol. The highest BCUT2D eigenvalue weighted by Gasteiger charge is 2.16. The highest BCUT2D eigenvalue weighted by molar-refractivity contribution is 7.71. The van der Waals surface area contributed by atoms with Crippen LogP contribution in [-0.4, -0.2) is 19.5 Å². The standard InChI is InChI=1S/C12H16N4S/c1-12(2,3)8-7-9(17)15-10(14-8)11-13-5-6-16(11)4/h5-7H,1-4H3,(H,14,15,17). The van der Waals surface area contributed by atoms with Crippen LogP contribution in [0.5, 0.6) is 0 Å². The van der Waals surface area contributed by atoms with E-state index in [1.807, 2.05) is 23.9 Å². The Morgan fingerprint density at radius 3 is 2.59 bits per heavy atom. The second-order valence-electron chi connectivity index (χ2n) is 5.09. The first-order chi connectivity index (χ1) is 7.88. The Kier molecular flexibility index (Phi) is 2.87. The van der Waals surface area contributed by atoms with Crippen molar-refractivity contribution < 1.29 is 0 Å². The molecule has 2 aromatic rings. The van der Waals surface area contributed by atoms with E-state index in [9.17, 15) is 0 Å². The third-order valence-corrected chi connectivity index (χ3v) is 2.79. The summed E-state index contributed by atoms with van der Waals surface area (Å²) in [5.74, 6) is 1.51. The van der Waals surface area contributed by atoms with Gasteiger partial charge >= 0.3 is 0 Å². The highest BCUT2D eigenvalue weighted by Crippen LogP contribution is 2.22. The highest BCUT2D eigenvalue weighted by atomic mass is 32.1. The van der Waals surface area contributed by atoms with E-state index in [1.165, 1.54) is 0 Å². The van der Waals surface area contributed by atoms with Crippen molar-refractivity contribution in [2.75, 3.05) is 0 Å². The van der Waals surface area contributed by atoms with E-state index < -0.39 is 0 Å². The van der Waals surface area contributed by atoms with Crippen LogP contribution in [0.2, 0.25) is 0 Å². The molecule has 4 nitrogen and oxygen atoms in total. The van der Waals surface area contributed by atoms with Gasteiger partial charge in [-0.05, 0) is 6.07 Å². The van der Waals surface area contributed by atoms with E-state index in [0.29, 0.717) is 4.64 Å². The lowest BCUT2D eigenvalue weighted by Gasteiger charge is -2.19. The van der Waals surface area contributed by atoms with E-state index in [0.717, 1.165) is 17.3 Å². The van der Waals surface area contributed by atoms with E-state index in [1.54, 1.807) is 6.20 Å². The predicted octanol–water partition coefficient (Wildman–Crippen LogP) is 2.84. The van der Waals surface area contributed by atoms with Crippen molar-refractivity contribution in [3.05, 3.63) is 28.8 Å². The zero-order valence-electron chi connectivity index (χ0n) is 10.5. The lowest BCUT2D eigenvalue weighted by Crippen LogP contribution is -2.15. The van der Waals surface area contributed by atoms with Crippen molar-refractivity contribution in [2.45, 2.75) is 26.2 Å². The van der Waals surface area contributed by atoms with Crippen molar-refractivity contribution in [3.63, 3.8) is 0 Å². The largest absolute Gasteiger partial charge is 0.340 e. The molecule has 0 aliphatic carbocycles. The molecular weight excluding hydrogens is 232 g/mol. The second kappa shape index (κ2) is 4.07. The van der Waals surface area contributed by atoms with Crippen LogP contribution in [0.25, 0.3) is 11.6 Å². The van der Waals surface area contributed by atoms with Crippen molar-refractivity contribution in [1.29, 1.82) is 0 Å². The minimum Gasteiger partial charge on any atom is -0.340 e. The topological polar surface area (TPSA) is 46.5 Å². The van der Waals surface area contributed by atoms with Crippen LogP contribution < -0.4 is 0 Å². The molecular formula is C12H16N4S. The predicted molar refractivity (Wildman–Crippen MR) is 70.3 cm³/mol. The summed E-state index contributed by atoms with van der Waals surface area (Å²) in [7, 11) is 1.94. The lowest BCUT2D eigenvalue weighted by atomic mass is 9.92. The van der Waals surface area contributed by atoms with Crippen LogP contribution >= 0.6 is 12.2 Å². The Balaban J connectivity index is 2.61. The molecule has 0 aromatic carbocycles. The maximum Gasteiger partial charge on any atom is 0.175 e. The van der Waals surface area contributed by atoms with Crippen molar-refractivity contribution >= 4 is 12.2 Å². The minimum absolute atomic E-state index is 0.0103. The maximum absolute atomic E-state index is 5.21. The first-order valence-electron chi connectivity index (χ1n) is 5.47. The second-order valence-corrected chi connectivity index (χ2v) is 5.51. The Morgan fingerprint density at radius 2 is 2.06 bits per heavy atom. The molecule has 0 fully saturated rings. The Labute approximate surface area is 106 Å². The van der Waals surface area contributed by atoms with E-state index in [2.05, 4.69) is 35.7 Å². The van der Waals surface area contributed by atoms with Crippen molar-refractivity contribution in [3.8, 4) is 11.6 Å². The zero-order valence-corrected chi connectivity index (χ0v) is 11.3. The van der Waals surface area contributed by atoms with Gasteiger partial charge in [0.25, 0.3) is 0 Å². The number of hydrogen-bond donors (Lipinski definition) is 1. The van der Waals surface area contributed by atoms with Gasteiger partial charge in [-0.3, -0.25) is 0 Å². The molecule has 2 aromatic heterocycles. The van der Waals surface area contributed by atoms with Gasteiger partial charge in [0, 0.05) is 30.6 Å².